The van der Waals surface area contributed by atoms with E-state index in [-0.39, 0.29) is 12.0 Å². The number of aliphatic hydroxyl groups excluding tert-OH is 1. The number of hydrogen-bond donors (Lipinski definition) is 2. The summed E-state index contributed by atoms with van der Waals surface area (Å²) in [5.41, 5.74) is 0.628. The van der Waals surface area contributed by atoms with E-state index >= 15 is 0 Å². The van der Waals surface area contributed by atoms with Gasteiger partial charge < -0.3 is 10.4 Å². The van der Waals surface area contributed by atoms with Gasteiger partial charge in [-0.1, -0.05) is 0 Å². The van der Waals surface area contributed by atoms with E-state index in [1.807, 2.05) is 6.26 Å². The minimum Gasteiger partial charge on any atom is -0.393 e. The number of carbonyl (C=O) groups is 1. The Hall–Kier alpha value is -1.07. The maximum Gasteiger partial charge on any atom is 0.254 e. The number of nitrogens with one attached hydrogen (secondary N) is 1. The standard InChI is InChI=1S/C13H18N2O2S/c1-18-13-11(3-2-6-14-13)12(17)15-8-9-4-5-10(16)7-9/h2-3,6,9-10,16H,4-5,7-8H2,1H3,(H,15,17). The summed E-state index contributed by atoms with van der Waals surface area (Å²) >= 11 is 1.47. The number of carbonyl (C=O) groups excluding carboxylic acids is 1. The lowest BCUT2D eigenvalue weighted by Crippen LogP contribution is -2.29. The van der Waals surface area contributed by atoms with Crippen molar-refractivity contribution in [1.82, 2.24) is 10.3 Å². The van der Waals surface area contributed by atoms with E-state index in [4.69, 9.17) is 0 Å². The SMILES string of the molecule is CSc1ncccc1C(=O)NCC1CCC(O)C1. The Balaban J connectivity index is 1.91. The fourth-order valence-electron chi connectivity index (χ4n) is 2.29. The first-order valence-corrected chi connectivity index (χ1v) is 7.38. The van der Waals surface area contributed by atoms with Crippen LogP contribution in [0, 0.1) is 5.92 Å². The molecule has 2 unspecified atom stereocenters. The Kier molecular flexibility index (Phi) is 4.60. The molecule has 0 radical (unpaired) electrons. The Morgan fingerprint density at radius 1 is 1.61 bits per heavy atom. The van der Waals surface area contributed by atoms with Gasteiger partial charge in [-0.2, -0.15) is 0 Å². The van der Waals surface area contributed by atoms with Gasteiger partial charge in [0.15, 0.2) is 0 Å². The number of amides is 1. The van der Waals surface area contributed by atoms with Gasteiger partial charge in [-0.25, -0.2) is 4.98 Å². The molecule has 1 aliphatic rings. The number of aromatic nitrogens is 1. The van der Waals surface area contributed by atoms with Crippen LogP contribution in [0.2, 0.25) is 0 Å². The van der Waals surface area contributed by atoms with Gasteiger partial charge in [0, 0.05) is 12.7 Å². The van der Waals surface area contributed by atoms with Crippen molar-refractivity contribution in [3.05, 3.63) is 23.9 Å². The molecular weight excluding hydrogens is 248 g/mol. The minimum absolute atomic E-state index is 0.0751. The number of thioether (sulfide) groups is 1. The molecule has 1 aliphatic carbocycles. The molecule has 0 spiro atoms. The molecular formula is C13H18N2O2S. The Labute approximate surface area is 111 Å². The molecule has 2 N–H and O–H groups in total. The summed E-state index contributed by atoms with van der Waals surface area (Å²) in [5.74, 6) is 0.326. The molecule has 0 saturated heterocycles. The summed E-state index contributed by atoms with van der Waals surface area (Å²) in [4.78, 5) is 16.2. The topological polar surface area (TPSA) is 62.2 Å². The van der Waals surface area contributed by atoms with E-state index in [0.717, 1.165) is 24.3 Å². The molecule has 2 atom stereocenters. The quantitative estimate of drug-likeness (QED) is 0.814. The van der Waals surface area contributed by atoms with E-state index in [2.05, 4.69) is 10.3 Å². The fraction of sp³-hybridized carbons (Fsp3) is 0.538. The summed E-state index contributed by atoms with van der Waals surface area (Å²) in [6, 6.07) is 3.56. The average molecular weight is 266 g/mol. The number of nitrogens with zero attached hydrogens (tertiary/aromatic N) is 1. The van der Waals surface area contributed by atoms with Crippen LogP contribution >= 0.6 is 11.8 Å². The number of hydrogen-bond acceptors (Lipinski definition) is 4. The smallest absolute Gasteiger partial charge is 0.254 e. The molecule has 5 heteroatoms. The predicted octanol–water partition coefficient (Wildman–Crippen LogP) is 1.69. The van der Waals surface area contributed by atoms with Crippen molar-refractivity contribution in [1.29, 1.82) is 0 Å². The first kappa shape index (κ1) is 13.4. The molecule has 0 aliphatic heterocycles. The van der Waals surface area contributed by atoms with Crippen molar-refractivity contribution in [2.75, 3.05) is 12.8 Å². The van der Waals surface area contributed by atoms with Gasteiger partial charge in [0.05, 0.1) is 11.7 Å². The van der Waals surface area contributed by atoms with Crippen LogP contribution in [-0.4, -0.2) is 34.9 Å². The molecule has 18 heavy (non-hydrogen) atoms. The normalized spacial score (nSPS) is 23.0. The third-order valence-corrected chi connectivity index (χ3v) is 3.99. The molecule has 1 saturated carbocycles. The average Bonchev–Trinajstić information content (AvgIpc) is 2.81. The monoisotopic (exact) mass is 266 g/mol. The zero-order chi connectivity index (χ0) is 13.0. The highest BCUT2D eigenvalue weighted by Gasteiger charge is 2.23. The molecule has 0 aromatic carbocycles. The molecule has 2 rings (SSSR count). The van der Waals surface area contributed by atoms with E-state index in [1.165, 1.54) is 11.8 Å². The molecule has 1 aromatic rings. The molecule has 1 aromatic heterocycles. The molecule has 4 nitrogen and oxygen atoms in total. The van der Waals surface area contributed by atoms with Gasteiger partial charge in [0.1, 0.15) is 5.03 Å². The number of pyridine rings is 1. The van der Waals surface area contributed by atoms with Gasteiger partial charge in [-0.15, -0.1) is 11.8 Å². The van der Waals surface area contributed by atoms with Crippen LogP contribution in [0.1, 0.15) is 29.6 Å². The van der Waals surface area contributed by atoms with E-state index < -0.39 is 0 Å². The Morgan fingerprint density at radius 2 is 2.44 bits per heavy atom. The Morgan fingerprint density at radius 3 is 3.11 bits per heavy atom. The highest BCUT2D eigenvalue weighted by molar-refractivity contribution is 7.98. The molecule has 1 fully saturated rings. The Bertz CT molecular complexity index is 425. The van der Waals surface area contributed by atoms with Crippen LogP contribution in [0.15, 0.2) is 23.4 Å². The van der Waals surface area contributed by atoms with Crippen LogP contribution in [0.5, 0.6) is 0 Å². The third kappa shape index (κ3) is 3.23. The minimum atomic E-state index is -0.188. The molecule has 1 amide bonds. The van der Waals surface area contributed by atoms with Crippen molar-refractivity contribution in [2.24, 2.45) is 5.92 Å². The summed E-state index contributed by atoms with van der Waals surface area (Å²) in [6.07, 6.45) is 6.05. The molecule has 0 bridgehead atoms. The second kappa shape index (κ2) is 6.20. The van der Waals surface area contributed by atoms with Crippen LogP contribution in [0.4, 0.5) is 0 Å². The first-order valence-electron chi connectivity index (χ1n) is 6.16. The molecule has 1 heterocycles. The highest BCUT2D eigenvalue weighted by Crippen LogP contribution is 2.24. The predicted molar refractivity (Wildman–Crippen MR) is 71.7 cm³/mol. The van der Waals surface area contributed by atoms with Crippen molar-refractivity contribution in [3.8, 4) is 0 Å². The maximum atomic E-state index is 12.0. The van der Waals surface area contributed by atoms with Gasteiger partial charge >= 0.3 is 0 Å². The maximum absolute atomic E-state index is 12.0. The lowest BCUT2D eigenvalue weighted by Gasteiger charge is -2.12. The fourth-order valence-corrected chi connectivity index (χ4v) is 2.84. The zero-order valence-corrected chi connectivity index (χ0v) is 11.2. The highest BCUT2D eigenvalue weighted by atomic mass is 32.2. The van der Waals surface area contributed by atoms with Crippen molar-refractivity contribution < 1.29 is 9.90 Å². The summed E-state index contributed by atoms with van der Waals surface area (Å²) in [5, 5.41) is 13.1. The van der Waals surface area contributed by atoms with Crippen molar-refractivity contribution >= 4 is 17.7 Å². The lowest BCUT2D eigenvalue weighted by atomic mass is 10.1. The summed E-state index contributed by atoms with van der Waals surface area (Å²) in [6.45, 7) is 0.638. The second-order valence-electron chi connectivity index (χ2n) is 4.60. The summed E-state index contributed by atoms with van der Waals surface area (Å²) < 4.78 is 0. The molecule has 98 valence electrons. The van der Waals surface area contributed by atoms with Crippen molar-refractivity contribution in [2.45, 2.75) is 30.4 Å². The largest absolute Gasteiger partial charge is 0.393 e. The van der Waals surface area contributed by atoms with Gasteiger partial charge in [-0.05, 0) is 43.6 Å². The van der Waals surface area contributed by atoms with Crippen LogP contribution in [0.25, 0.3) is 0 Å². The number of aliphatic hydroxyl groups is 1. The van der Waals surface area contributed by atoms with Crippen LogP contribution in [-0.2, 0) is 0 Å². The zero-order valence-electron chi connectivity index (χ0n) is 10.4. The summed E-state index contributed by atoms with van der Waals surface area (Å²) in [7, 11) is 0. The first-order chi connectivity index (χ1) is 8.70. The van der Waals surface area contributed by atoms with Crippen LogP contribution < -0.4 is 5.32 Å². The van der Waals surface area contributed by atoms with Crippen LogP contribution in [0.3, 0.4) is 0 Å². The van der Waals surface area contributed by atoms with E-state index in [1.54, 1.807) is 18.3 Å². The van der Waals surface area contributed by atoms with Gasteiger partial charge in [0.2, 0.25) is 0 Å². The van der Waals surface area contributed by atoms with E-state index in [0.29, 0.717) is 18.0 Å². The van der Waals surface area contributed by atoms with E-state index in [9.17, 15) is 9.90 Å². The van der Waals surface area contributed by atoms with Crippen molar-refractivity contribution in [3.63, 3.8) is 0 Å². The third-order valence-electron chi connectivity index (χ3n) is 3.27. The number of rotatable bonds is 4. The lowest BCUT2D eigenvalue weighted by molar-refractivity contribution is 0.0941. The van der Waals surface area contributed by atoms with Gasteiger partial charge in [0.25, 0.3) is 5.91 Å². The second-order valence-corrected chi connectivity index (χ2v) is 5.40. The van der Waals surface area contributed by atoms with Gasteiger partial charge in [-0.3, -0.25) is 4.79 Å².